The van der Waals surface area contributed by atoms with Crippen LogP contribution in [0.15, 0.2) is 61.7 Å². The molecule has 4 rings (SSSR count). The van der Waals surface area contributed by atoms with E-state index in [2.05, 4.69) is 51.3 Å². The summed E-state index contributed by atoms with van der Waals surface area (Å²) in [5, 5.41) is 0. The van der Waals surface area contributed by atoms with Crippen molar-refractivity contribution in [2.24, 2.45) is 0 Å². The summed E-state index contributed by atoms with van der Waals surface area (Å²) >= 11 is 0. The van der Waals surface area contributed by atoms with E-state index in [4.69, 9.17) is 18.9 Å². The van der Waals surface area contributed by atoms with Gasteiger partial charge in [-0.25, -0.2) is 0 Å². The normalized spacial score (nSPS) is 20.1. The van der Waals surface area contributed by atoms with E-state index in [1.807, 2.05) is 24.3 Å². The molecule has 2 aromatic carbocycles. The fraction of sp³-hybridized carbons (Fsp3) is 0.360. The Labute approximate surface area is 172 Å². The van der Waals surface area contributed by atoms with E-state index in [9.17, 15) is 0 Å². The molecule has 2 unspecified atom stereocenters. The van der Waals surface area contributed by atoms with E-state index in [0.29, 0.717) is 13.2 Å². The number of hydrogen-bond acceptors (Lipinski definition) is 4. The Kier molecular flexibility index (Phi) is 5.48. The van der Waals surface area contributed by atoms with Gasteiger partial charge < -0.3 is 18.9 Å². The zero-order valence-corrected chi connectivity index (χ0v) is 17.1. The molecular formula is C25H28O4. The van der Waals surface area contributed by atoms with Crippen LogP contribution in [0.2, 0.25) is 0 Å². The van der Waals surface area contributed by atoms with Crippen molar-refractivity contribution >= 4 is 0 Å². The molecule has 0 aromatic heterocycles. The minimum atomic E-state index is -0.185. The highest BCUT2D eigenvalue weighted by Crippen LogP contribution is 2.37. The lowest BCUT2D eigenvalue weighted by Gasteiger charge is -2.28. The first kappa shape index (κ1) is 19.7. The van der Waals surface area contributed by atoms with Gasteiger partial charge >= 0.3 is 0 Å². The van der Waals surface area contributed by atoms with Crippen LogP contribution in [-0.2, 0) is 27.7 Å². The average Bonchev–Trinajstić information content (AvgIpc) is 3.61. The Balaban J connectivity index is 1.65. The molecule has 0 bridgehead atoms. The van der Waals surface area contributed by atoms with Crippen LogP contribution in [-0.4, -0.2) is 25.8 Å². The Morgan fingerprint density at radius 1 is 0.862 bits per heavy atom. The van der Waals surface area contributed by atoms with Gasteiger partial charge in [0, 0.05) is 5.41 Å². The van der Waals surface area contributed by atoms with Crippen LogP contribution in [0.4, 0.5) is 0 Å². The third kappa shape index (κ3) is 4.55. The van der Waals surface area contributed by atoms with Gasteiger partial charge in [0.2, 0.25) is 12.6 Å². The van der Waals surface area contributed by atoms with Crippen molar-refractivity contribution in [2.75, 3.05) is 13.2 Å². The Hall–Kier alpha value is -2.56. The second-order valence-corrected chi connectivity index (χ2v) is 8.02. The van der Waals surface area contributed by atoms with Crippen LogP contribution < -0.4 is 9.47 Å². The summed E-state index contributed by atoms with van der Waals surface area (Å²) in [5.74, 6) is 1.74. The van der Waals surface area contributed by atoms with E-state index >= 15 is 0 Å². The van der Waals surface area contributed by atoms with Gasteiger partial charge in [0.15, 0.2) is 0 Å². The fourth-order valence-corrected chi connectivity index (χ4v) is 3.46. The number of rotatable bonds is 10. The summed E-state index contributed by atoms with van der Waals surface area (Å²) in [6.07, 6.45) is 5.09. The molecule has 152 valence electrons. The lowest BCUT2D eigenvalue weighted by Crippen LogP contribution is -2.20. The minimum Gasteiger partial charge on any atom is -0.462 e. The number of allylic oxidation sites excluding steroid dienone is 2. The molecule has 0 saturated carbocycles. The maximum Gasteiger partial charge on any atom is 0.223 e. The highest BCUT2D eigenvalue weighted by atomic mass is 16.8. The number of epoxide rings is 2. The third-order valence-electron chi connectivity index (χ3n) is 5.42. The summed E-state index contributed by atoms with van der Waals surface area (Å²) < 4.78 is 22.2. The SMILES string of the molecule is C=CCc1cc(C(C)(C)c2ccc(OC3CO3)c(CC=C)c2)ccc1OC1CO1. The van der Waals surface area contributed by atoms with Crippen molar-refractivity contribution < 1.29 is 18.9 Å². The monoisotopic (exact) mass is 392 g/mol. The fourth-order valence-electron chi connectivity index (χ4n) is 3.46. The predicted octanol–water partition coefficient (Wildman–Crippen LogP) is 4.94. The summed E-state index contributed by atoms with van der Waals surface area (Å²) in [4.78, 5) is 0. The van der Waals surface area contributed by atoms with Gasteiger partial charge in [-0.05, 0) is 47.2 Å². The molecule has 0 spiro atoms. The first-order valence-corrected chi connectivity index (χ1v) is 10.1. The first-order valence-electron chi connectivity index (χ1n) is 10.1. The van der Waals surface area contributed by atoms with E-state index in [1.165, 1.54) is 11.1 Å². The van der Waals surface area contributed by atoms with E-state index in [-0.39, 0.29) is 18.0 Å². The largest absolute Gasteiger partial charge is 0.462 e. The van der Waals surface area contributed by atoms with Crippen LogP contribution in [0.1, 0.15) is 36.1 Å². The van der Waals surface area contributed by atoms with Crippen molar-refractivity contribution in [3.05, 3.63) is 84.0 Å². The zero-order valence-electron chi connectivity index (χ0n) is 17.1. The van der Waals surface area contributed by atoms with Gasteiger partial charge in [-0.3, -0.25) is 0 Å². The van der Waals surface area contributed by atoms with Crippen LogP contribution in [0.5, 0.6) is 11.5 Å². The molecule has 0 amide bonds. The first-order chi connectivity index (χ1) is 14.0. The highest BCUT2D eigenvalue weighted by Gasteiger charge is 2.29. The average molecular weight is 392 g/mol. The van der Waals surface area contributed by atoms with Crippen molar-refractivity contribution in [3.8, 4) is 11.5 Å². The summed E-state index contributed by atoms with van der Waals surface area (Å²) in [6, 6.07) is 12.8. The maximum absolute atomic E-state index is 5.88. The standard InChI is InChI=1S/C25H28O4/c1-5-7-17-13-19(9-11-21(17)28-23-15-26-23)25(3,4)20-10-12-22(29-24-16-27-24)18(14-20)8-6-2/h5-6,9-14,23-24H,1-2,7-8,15-16H2,3-4H3. The molecule has 2 heterocycles. The second-order valence-electron chi connectivity index (χ2n) is 8.02. The van der Waals surface area contributed by atoms with Gasteiger partial charge in [-0.2, -0.15) is 0 Å². The predicted molar refractivity (Wildman–Crippen MR) is 114 cm³/mol. The Bertz CT molecular complexity index is 834. The van der Waals surface area contributed by atoms with E-state index in [1.54, 1.807) is 0 Å². The zero-order chi connectivity index (χ0) is 20.4. The summed E-state index contributed by atoms with van der Waals surface area (Å²) in [7, 11) is 0. The van der Waals surface area contributed by atoms with E-state index in [0.717, 1.165) is 35.5 Å². The molecule has 29 heavy (non-hydrogen) atoms. The Morgan fingerprint density at radius 2 is 1.28 bits per heavy atom. The van der Waals surface area contributed by atoms with Crippen molar-refractivity contribution in [3.63, 3.8) is 0 Å². The lowest BCUT2D eigenvalue weighted by molar-refractivity contribution is 0.177. The van der Waals surface area contributed by atoms with Gasteiger partial charge in [-0.15, -0.1) is 13.2 Å². The van der Waals surface area contributed by atoms with Gasteiger partial charge in [0.25, 0.3) is 0 Å². The quantitative estimate of drug-likeness (QED) is 0.424. The number of benzene rings is 2. The van der Waals surface area contributed by atoms with Gasteiger partial charge in [0.05, 0.1) is 0 Å². The topological polar surface area (TPSA) is 43.5 Å². The third-order valence-corrected chi connectivity index (χ3v) is 5.42. The molecule has 0 N–H and O–H groups in total. The summed E-state index contributed by atoms with van der Waals surface area (Å²) in [6.45, 7) is 13.6. The smallest absolute Gasteiger partial charge is 0.223 e. The summed E-state index contributed by atoms with van der Waals surface area (Å²) in [5.41, 5.74) is 4.51. The number of ether oxygens (including phenoxy) is 4. The van der Waals surface area contributed by atoms with E-state index < -0.39 is 0 Å². The lowest BCUT2D eigenvalue weighted by atomic mass is 9.77. The molecule has 2 atom stereocenters. The van der Waals surface area contributed by atoms with Crippen molar-refractivity contribution in [1.29, 1.82) is 0 Å². The molecule has 2 aliphatic rings. The Morgan fingerprint density at radius 3 is 1.62 bits per heavy atom. The van der Waals surface area contributed by atoms with Crippen LogP contribution in [0, 0.1) is 0 Å². The second kappa shape index (κ2) is 8.05. The molecule has 2 aliphatic heterocycles. The molecule has 2 fully saturated rings. The molecule has 4 nitrogen and oxygen atoms in total. The van der Waals surface area contributed by atoms with Crippen LogP contribution >= 0.6 is 0 Å². The minimum absolute atomic E-state index is 0.109. The maximum atomic E-state index is 5.88. The van der Waals surface area contributed by atoms with Crippen molar-refractivity contribution in [1.82, 2.24) is 0 Å². The molecule has 4 heteroatoms. The van der Waals surface area contributed by atoms with Crippen LogP contribution in [0.3, 0.4) is 0 Å². The molecule has 2 aromatic rings. The molecule has 2 saturated heterocycles. The van der Waals surface area contributed by atoms with Gasteiger partial charge in [-0.1, -0.05) is 50.3 Å². The highest BCUT2D eigenvalue weighted by molar-refractivity contribution is 5.48. The molecular weight excluding hydrogens is 364 g/mol. The molecule has 0 radical (unpaired) electrons. The molecule has 0 aliphatic carbocycles. The van der Waals surface area contributed by atoms with Crippen molar-refractivity contribution in [2.45, 2.75) is 44.7 Å². The number of hydrogen-bond donors (Lipinski definition) is 0. The van der Waals surface area contributed by atoms with Gasteiger partial charge in [0.1, 0.15) is 24.7 Å². The van der Waals surface area contributed by atoms with Crippen LogP contribution in [0.25, 0.3) is 0 Å².